The summed E-state index contributed by atoms with van der Waals surface area (Å²) in [6.45, 7) is 2.30. The van der Waals surface area contributed by atoms with Crippen LogP contribution in [0.2, 0.25) is 5.02 Å². The lowest BCUT2D eigenvalue weighted by molar-refractivity contribution is 0.389. The molecule has 0 amide bonds. The number of pyridine rings is 1. The molecule has 0 saturated carbocycles. The minimum atomic E-state index is -0.676. The molecule has 140 valence electrons. The van der Waals surface area contributed by atoms with Crippen LogP contribution in [-0.2, 0) is 6.54 Å². The van der Waals surface area contributed by atoms with Gasteiger partial charge in [-0.1, -0.05) is 35.9 Å². The zero-order valence-electron chi connectivity index (χ0n) is 15.0. The molecule has 1 aromatic carbocycles. The summed E-state index contributed by atoms with van der Waals surface area (Å²) in [7, 11) is 0. The summed E-state index contributed by atoms with van der Waals surface area (Å²) in [4.78, 5) is 14.6. The van der Waals surface area contributed by atoms with Gasteiger partial charge in [0.15, 0.2) is 0 Å². The Bertz CT molecular complexity index is 1190. The highest BCUT2D eigenvalue weighted by atomic mass is 35.5. The average molecular weight is 410 g/mol. The van der Waals surface area contributed by atoms with E-state index in [1.807, 2.05) is 30.5 Å². The predicted octanol–water partition coefficient (Wildman–Crippen LogP) is 4.14. The normalized spacial score (nSPS) is 15.7. The summed E-state index contributed by atoms with van der Waals surface area (Å²) < 4.78 is 7.35. The first-order chi connectivity index (χ1) is 13.5. The number of benzene rings is 1. The van der Waals surface area contributed by atoms with Crippen molar-refractivity contribution in [2.24, 2.45) is 5.73 Å². The van der Waals surface area contributed by atoms with Gasteiger partial charge in [-0.2, -0.15) is 5.26 Å². The number of nitrogens with zero attached hydrogens (tertiary/aromatic N) is 2. The summed E-state index contributed by atoms with van der Waals surface area (Å²) in [6.07, 6.45) is 0. The second-order valence-corrected chi connectivity index (χ2v) is 7.92. The van der Waals surface area contributed by atoms with Crippen molar-refractivity contribution in [2.45, 2.75) is 19.4 Å². The number of thiophene rings is 1. The van der Waals surface area contributed by atoms with Crippen LogP contribution in [0.25, 0.3) is 0 Å². The van der Waals surface area contributed by atoms with Crippen molar-refractivity contribution in [3.63, 3.8) is 0 Å². The molecule has 1 unspecified atom stereocenters. The van der Waals surface area contributed by atoms with Crippen molar-refractivity contribution >= 4 is 22.9 Å². The van der Waals surface area contributed by atoms with Gasteiger partial charge in [0.1, 0.15) is 17.4 Å². The van der Waals surface area contributed by atoms with Crippen molar-refractivity contribution in [1.29, 1.82) is 5.26 Å². The van der Waals surface area contributed by atoms with E-state index in [1.165, 1.54) is 0 Å². The minimum absolute atomic E-state index is 0.00488. The van der Waals surface area contributed by atoms with Gasteiger partial charge >= 0.3 is 0 Å². The van der Waals surface area contributed by atoms with Crippen molar-refractivity contribution in [2.75, 3.05) is 0 Å². The highest BCUT2D eigenvalue weighted by Gasteiger charge is 2.35. The second-order valence-electron chi connectivity index (χ2n) is 6.48. The predicted molar refractivity (Wildman–Crippen MR) is 110 cm³/mol. The maximum absolute atomic E-state index is 13.5. The Morgan fingerprint density at radius 3 is 2.79 bits per heavy atom. The summed E-state index contributed by atoms with van der Waals surface area (Å²) in [5.74, 6) is -0.314. The maximum atomic E-state index is 13.5. The van der Waals surface area contributed by atoms with E-state index in [-0.39, 0.29) is 17.0 Å². The van der Waals surface area contributed by atoms with E-state index in [4.69, 9.17) is 22.1 Å². The highest BCUT2D eigenvalue weighted by Crippen LogP contribution is 2.42. The van der Waals surface area contributed by atoms with E-state index >= 15 is 0 Å². The maximum Gasteiger partial charge on any atom is 0.259 e. The molecule has 3 heterocycles. The highest BCUT2D eigenvalue weighted by molar-refractivity contribution is 7.09. The van der Waals surface area contributed by atoms with Gasteiger partial charge < -0.3 is 15.0 Å². The number of fused-ring (bicyclic) bond motifs is 1. The first kappa shape index (κ1) is 18.4. The molecule has 3 aromatic rings. The van der Waals surface area contributed by atoms with Gasteiger partial charge in [-0.25, -0.2) is 0 Å². The molecule has 7 heteroatoms. The van der Waals surface area contributed by atoms with Gasteiger partial charge in [0.25, 0.3) is 5.56 Å². The molecule has 2 N–H and O–H groups in total. The van der Waals surface area contributed by atoms with E-state index in [0.717, 1.165) is 10.6 Å². The van der Waals surface area contributed by atoms with Gasteiger partial charge in [-0.15, -0.1) is 11.3 Å². The molecule has 28 heavy (non-hydrogen) atoms. The van der Waals surface area contributed by atoms with Crippen LogP contribution in [0, 0.1) is 18.3 Å². The van der Waals surface area contributed by atoms with Crippen LogP contribution in [-0.4, -0.2) is 4.57 Å². The van der Waals surface area contributed by atoms with E-state index in [9.17, 15) is 10.1 Å². The smallest absolute Gasteiger partial charge is 0.259 e. The molecule has 5 nitrogen and oxygen atoms in total. The lowest BCUT2D eigenvalue weighted by atomic mass is 9.84. The van der Waals surface area contributed by atoms with Crippen molar-refractivity contribution in [3.8, 4) is 11.8 Å². The third-order valence-corrected chi connectivity index (χ3v) is 6.01. The van der Waals surface area contributed by atoms with E-state index in [2.05, 4.69) is 6.07 Å². The molecule has 0 radical (unpaired) electrons. The molecule has 0 spiro atoms. The number of rotatable bonds is 3. The third kappa shape index (κ3) is 2.99. The largest absolute Gasteiger partial charge is 0.440 e. The Morgan fingerprint density at radius 1 is 1.32 bits per heavy atom. The molecule has 0 aliphatic carbocycles. The Kier molecular flexibility index (Phi) is 4.71. The van der Waals surface area contributed by atoms with Crippen molar-refractivity contribution in [3.05, 3.63) is 96.4 Å². The zero-order valence-corrected chi connectivity index (χ0v) is 16.6. The van der Waals surface area contributed by atoms with Crippen LogP contribution < -0.4 is 16.0 Å². The zero-order chi connectivity index (χ0) is 19.8. The number of nitriles is 1. The summed E-state index contributed by atoms with van der Waals surface area (Å²) in [5, 5.41) is 12.2. The fourth-order valence-electron chi connectivity index (χ4n) is 3.46. The number of hydrogen-bond donors (Lipinski definition) is 1. The van der Waals surface area contributed by atoms with Gasteiger partial charge in [0.2, 0.25) is 5.88 Å². The fourth-order valence-corrected chi connectivity index (χ4v) is 4.40. The number of aryl methyl sites for hydroxylation is 1. The monoisotopic (exact) mass is 409 g/mol. The van der Waals surface area contributed by atoms with Crippen molar-refractivity contribution < 1.29 is 4.74 Å². The van der Waals surface area contributed by atoms with Crippen molar-refractivity contribution in [1.82, 2.24) is 4.57 Å². The summed E-state index contributed by atoms with van der Waals surface area (Å²) >= 11 is 8.00. The standard InChI is InChI=1S/C21H16ClN3O2S/c1-12-9-17-19(21(26)25(12)11-13-5-4-8-28-13)18(15(10-23)20(24)27-17)14-6-2-3-7-16(14)22/h2-9,18H,11,24H2,1H3. The third-order valence-electron chi connectivity index (χ3n) is 4.80. The molecule has 0 bridgehead atoms. The van der Waals surface area contributed by atoms with E-state index < -0.39 is 5.92 Å². The molecule has 2 aromatic heterocycles. The van der Waals surface area contributed by atoms with Crippen LogP contribution in [0.3, 0.4) is 0 Å². The fraction of sp³-hybridized carbons (Fsp3) is 0.143. The summed E-state index contributed by atoms with van der Waals surface area (Å²) in [6, 6.07) is 15.0. The first-order valence-electron chi connectivity index (χ1n) is 8.60. The van der Waals surface area contributed by atoms with Gasteiger partial charge in [0, 0.05) is 21.7 Å². The molecular formula is C21H16ClN3O2S. The Hall–Kier alpha value is -3.01. The topological polar surface area (TPSA) is 81.0 Å². The Balaban J connectivity index is 1.97. The molecule has 1 aliphatic rings. The minimum Gasteiger partial charge on any atom is -0.440 e. The van der Waals surface area contributed by atoms with E-state index in [1.54, 1.807) is 40.2 Å². The average Bonchev–Trinajstić information content (AvgIpc) is 3.18. The molecule has 1 atom stereocenters. The molecule has 4 rings (SSSR count). The number of ether oxygens (including phenoxy) is 1. The number of allylic oxidation sites excluding steroid dienone is 1. The number of halogens is 1. The van der Waals surface area contributed by atoms with Crippen LogP contribution in [0.4, 0.5) is 0 Å². The molecule has 1 aliphatic heterocycles. The van der Waals surface area contributed by atoms with Crippen LogP contribution >= 0.6 is 22.9 Å². The number of hydrogen-bond acceptors (Lipinski definition) is 5. The van der Waals surface area contributed by atoms with Gasteiger partial charge in [0.05, 0.1) is 18.0 Å². The lowest BCUT2D eigenvalue weighted by Gasteiger charge is -2.27. The molecule has 0 fully saturated rings. The van der Waals surface area contributed by atoms with Crippen LogP contribution in [0.15, 0.2) is 64.1 Å². The summed E-state index contributed by atoms with van der Waals surface area (Å²) in [5.41, 5.74) is 7.76. The van der Waals surface area contributed by atoms with Crippen LogP contribution in [0.1, 0.15) is 27.6 Å². The van der Waals surface area contributed by atoms with Gasteiger partial charge in [-0.05, 0) is 30.0 Å². The lowest BCUT2D eigenvalue weighted by Crippen LogP contribution is -2.33. The molecule has 0 saturated heterocycles. The van der Waals surface area contributed by atoms with E-state index in [0.29, 0.717) is 28.4 Å². The number of nitrogens with two attached hydrogens (primary N) is 1. The number of aromatic nitrogens is 1. The Labute approximate surface area is 170 Å². The quantitative estimate of drug-likeness (QED) is 0.704. The molecular weight excluding hydrogens is 394 g/mol. The first-order valence-corrected chi connectivity index (χ1v) is 9.85. The Morgan fingerprint density at radius 2 is 2.11 bits per heavy atom. The van der Waals surface area contributed by atoms with Gasteiger partial charge in [-0.3, -0.25) is 4.79 Å². The SMILES string of the molecule is Cc1cc2c(c(=O)n1Cc1cccs1)C(c1ccccc1Cl)C(C#N)=C(N)O2. The van der Waals surface area contributed by atoms with Crippen LogP contribution in [0.5, 0.6) is 5.75 Å². The second kappa shape index (κ2) is 7.19.